The van der Waals surface area contributed by atoms with E-state index in [9.17, 15) is 9.90 Å². The quantitative estimate of drug-likeness (QED) is 0.749. The van der Waals surface area contributed by atoms with Crippen LogP contribution in [0, 0.1) is 5.92 Å². The second-order valence-corrected chi connectivity index (χ2v) is 5.03. The van der Waals surface area contributed by atoms with Gasteiger partial charge >= 0.3 is 0 Å². The molecule has 6 heteroatoms. The maximum atomic E-state index is 11.5. The van der Waals surface area contributed by atoms with Gasteiger partial charge in [-0.1, -0.05) is 6.07 Å². The van der Waals surface area contributed by atoms with E-state index < -0.39 is 5.60 Å². The molecule has 115 valence electrons. The fourth-order valence-corrected chi connectivity index (χ4v) is 1.70. The molecule has 0 heterocycles. The Labute approximate surface area is 151 Å². The van der Waals surface area contributed by atoms with Gasteiger partial charge in [0.15, 0.2) is 11.5 Å². The van der Waals surface area contributed by atoms with Gasteiger partial charge in [-0.3, -0.25) is 5.92 Å². The average Bonchev–Trinajstić information content (AvgIpc) is 2.43. The molecule has 0 spiro atoms. The molecule has 5 nitrogen and oxygen atoms in total. The SMILES string of the molecule is COc1ccc(C(C)(O)CNC(=O)[C-](C)C)cc1OC.[Y]. The average molecular weight is 369 g/mol. The Kier molecular flexibility index (Phi) is 8.30. The molecule has 1 atom stereocenters. The van der Waals surface area contributed by atoms with Crippen molar-refractivity contribution in [1.29, 1.82) is 0 Å². The Balaban J connectivity index is 0.00000400. The second-order valence-electron chi connectivity index (χ2n) is 5.03. The first-order chi connectivity index (χ1) is 9.31. The summed E-state index contributed by atoms with van der Waals surface area (Å²) in [4.78, 5) is 11.5. The molecule has 21 heavy (non-hydrogen) atoms. The molecule has 1 rings (SSSR count). The normalized spacial score (nSPS) is 12.7. The van der Waals surface area contributed by atoms with Gasteiger partial charge < -0.3 is 24.7 Å². The number of benzene rings is 1. The summed E-state index contributed by atoms with van der Waals surface area (Å²) in [6.45, 7) is 5.20. The molecule has 0 aromatic heterocycles. The minimum absolute atomic E-state index is 0. The van der Waals surface area contributed by atoms with Crippen LogP contribution in [0.3, 0.4) is 0 Å². The molecule has 1 unspecified atom stereocenters. The summed E-state index contributed by atoms with van der Waals surface area (Å²) in [6.07, 6.45) is 0. The summed E-state index contributed by atoms with van der Waals surface area (Å²) >= 11 is 0. The number of nitrogens with one attached hydrogen (secondary N) is 1. The Hall–Kier alpha value is -0.776. The van der Waals surface area contributed by atoms with E-state index in [2.05, 4.69) is 5.32 Å². The number of amides is 1. The van der Waals surface area contributed by atoms with Crippen LogP contribution in [0.25, 0.3) is 0 Å². The van der Waals surface area contributed by atoms with E-state index >= 15 is 0 Å². The van der Waals surface area contributed by atoms with Gasteiger partial charge in [-0.15, -0.1) is 0 Å². The predicted octanol–water partition coefficient (Wildman–Crippen LogP) is 1.64. The summed E-state index contributed by atoms with van der Waals surface area (Å²) in [5, 5.41) is 13.2. The fraction of sp³-hybridized carbons (Fsp3) is 0.467. The van der Waals surface area contributed by atoms with E-state index in [1.807, 2.05) is 0 Å². The van der Waals surface area contributed by atoms with Gasteiger partial charge in [-0.05, 0) is 24.6 Å². The minimum Gasteiger partial charge on any atom is -0.493 e. The first-order valence-electron chi connectivity index (χ1n) is 6.35. The summed E-state index contributed by atoms with van der Waals surface area (Å²) in [5.41, 5.74) is -0.547. The topological polar surface area (TPSA) is 67.8 Å². The van der Waals surface area contributed by atoms with E-state index in [0.717, 1.165) is 0 Å². The van der Waals surface area contributed by atoms with Crippen LogP contribution < -0.4 is 14.8 Å². The number of hydrogen-bond donors (Lipinski definition) is 2. The molecule has 0 saturated heterocycles. The Morgan fingerprint density at radius 3 is 2.33 bits per heavy atom. The van der Waals surface area contributed by atoms with E-state index in [1.165, 1.54) is 7.11 Å². The first-order valence-corrected chi connectivity index (χ1v) is 6.35. The summed E-state index contributed by atoms with van der Waals surface area (Å²) in [5.74, 6) is 1.60. The molecule has 2 N–H and O–H groups in total. The Morgan fingerprint density at radius 1 is 1.29 bits per heavy atom. The van der Waals surface area contributed by atoms with Crippen LogP contribution in [0.5, 0.6) is 11.5 Å². The van der Waals surface area contributed by atoms with E-state index in [0.29, 0.717) is 23.0 Å². The monoisotopic (exact) mass is 369 g/mol. The molecule has 0 fully saturated rings. The van der Waals surface area contributed by atoms with Crippen LogP contribution in [0.2, 0.25) is 0 Å². The molecular weight excluding hydrogens is 347 g/mol. The van der Waals surface area contributed by atoms with Crippen LogP contribution in [-0.2, 0) is 43.1 Å². The van der Waals surface area contributed by atoms with Crippen molar-refractivity contribution in [3.8, 4) is 11.5 Å². The van der Waals surface area contributed by atoms with Crippen LogP contribution in [-0.4, -0.2) is 31.8 Å². The van der Waals surface area contributed by atoms with E-state index in [-0.39, 0.29) is 45.2 Å². The standard InChI is InChI=1S/C15H22NO4.Y/c1-10(2)14(17)16-9-15(3,18)11-6-7-12(19-4)13(8-11)20-5;/h6-8,18H,9H2,1-5H3,(H,16,17);/q-1;. The number of hydrogen-bond acceptors (Lipinski definition) is 4. The van der Waals surface area contributed by atoms with Crippen molar-refractivity contribution in [3.05, 3.63) is 29.7 Å². The molecule has 0 bridgehead atoms. The maximum Gasteiger partial charge on any atom is 0.161 e. The second kappa shape index (κ2) is 8.61. The third-order valence-electron chi connectivity index (χ3n) is 3.05. The maximum absolute atomic E-state index is 11.5. The van der Waals surface area contributed by atoms with Gasteiger partial charge in [0.25, 0.3) is 0 Å². The molecule has 0 aliphatic rings. The summed E-state index contributed by atoms with van der Waals surface area (Å²) in [7, 11) is 3.09. The van der Waals surface area contributed by atoms with Crippen LogP contribution in [0.15, 0.2) is 18.2 Å². The zero-order valence-electron chi connectivity index (χ0n) is 13.2. The van der Waals surface area contributed by atoms with Crippen molar-refractivity contribution in [1.82, 2.24) is 5.32 Å². The van der Waals surface area contributed by atoms with Crippen LogP contribution >= 0.6 is 0 Å². The molecule has 1 aromatic carbocycles. The molecule has 0 aliphatic heterocycles. The van der Waals surface area contributed by atoms with Gasteiger partial charge in [0.05, 0.1) is 20.1 Å². The fourth-order valence-electron chi connectivity index (χ4n) is 1.70. The largest absolute Gasteiger partial charge is 0.493 e. The van der Waals surface area contributed by atoms with Crippen molar-refractivity contribution < 1.29 is 52.1 Å². The van der Waals surface area contributed by atoms with Crippen LogP contribution in [0.4, 0.5) is 0 Å². The molecular formula is C15H22NO4Y-. The minimum atomic E-state index is -1.19. The smallest absolute Gasteiger partial charge is 0.161 e. The molecule has 1 radical (unpaired) electrons. The number of methoxy groups -OCH3 is 2. The number of ether oxygens (including phenoxy) is 2. The number of carbonyl (C=O) groups is 1. The molecule has 1 amide bonds. The predicted molar refractivity (Wildman–Crippen MR) is 76.7 cm³/mol. The van der Waals surface area contributed by atoms with Gasteiger partial charge in [0.1, 0.15) is 5.60 Å². The first kappa shape index (κ1) is 20.2. The number of carbonyl (C=O) groups excluding carboxylic acids is 1. The molecule has 1 aromatic rings. The van der Waals surface area contributed by atoms with Gasteiger partial charge in [-0.2, -0.15) is 13.8 Å². The Morgan fingerprint density at radius 2 is 1.86 bits per heavy atom. The van der Waals surface area contributed by atoms with Crippen molar-refractivity contribution >= 4 is 5.91 Å². The van der Waals surface area contributed by atoms with Gasteiger partial charge in [0, 0.05) is 39.3 Å². The Bertz CT molecular complexity index is 475. The van der Waals surface area contributed by atoms with Crippen molar-refractivity contribution in [2.45, 2.75) is 26.4 Å². The van der Waals surface area contributed by atoms with E-state index in [4.69, 9.17) is 9.47 Å². The number of rotatable bonds is 6. The van der Waals surface area contributed by atoms with Gasteiger partial charge in [0.2, 0.25) is 0 Å². The van der Waals surface area contributed by atoms with Crippen molar-refractivity contribution in [2.75, 3.05) is 20.8 Å². The molecule has 0 aliphatic carbocycles. The van der Waals surface area contributed by atoms with Crippen LogP contribution in [0.1, 0.15) is 26.3 Å². The van der Waals surface area contributed by atoms with Gasteiger partial charge in [-0.25, -0.2) is 0 Å². The van der Waals surface area contributed by atoms with Crippen molar-refractivity contribution in [2.24, 2.45) is 0 Å². The summed E-state index contributed by atoms with van der Waals surface area (Å²) in [6, 6.07) is 5.17. The third kappa shape index (κ3) is 5.49. The van der Waals surface area contributed by atoms with Crippen molar-refractivity contribution in [3.63, 3.8) is 0 Å². The van der Waals surface area contributed by atoms with E-state index in [1.54, 1.807) is 46.1 Å². The molecule has 0 saturated carbocycles. The third-order valence-corrected chi connectivity index (χ3v) is 3.05. The number of aliphatic hydroxyl groups is 1. The zero-order chi connectivity index (χ0) is 15.3. The summed E-state index contributed by atoms with van der Waals surface area (Å²) < 4.78 is 10.4. The zero-order valence-corrected chi connectivity index (χ0v) is 16.0.